The lowest BCUT2D eigenvalue weighted by Crippen LogP contribution is -2.28. The van der Waals surface area contributed by atoms with Crippen LogP contribution in [0.4, 0.5) is 4.39 Å². The summed E-state index contributed by atoms with van der Waals surface area (Å²) in [6, 6.07) is 11.0. The minimum atomic E-state index is -0.511. The van der Waals surface area contributed by atoms with Crippen LogP contribution < -0.4 is 20.5 Å². The molecule has 0 radical (unpaired) electrons. The van der Waals surface area contributed by atoms with Crippen molar-refractivity contribution >= 4 is 11.7 Å². The van der Waals surface area contributed by atoms with Gasteiger partial charge < -0.3 is 20.5 Å². The zero-order valence-electron chi connectivity index (χ0n) is 15.2. The van der Waals surface area contributed by atoms with Gasteiger partial charge in [-0.05, 0) is 44.3 Å². The van der Waals surface area contributed by atoms with E-state index in [2.05, 4.69) is 5.32 Å². The van der Waals surface area contributed by atoms with E-state index in [0.29, 0.717) is 17.1 Å². The summed E-state index contributed by atoms with van der Waals surface area (Å²) >= 11 is 0. The Kier molecular flexibility index (Phi) is 6.93. The zero-order chi connectivity index (χ0) is 19.8. The first-order valence-electron chi connectivity index (χ1n) is 8.35. The normalized spacial score (nSPS) is 10.8. The van der Waals surface area contributed by atoms with Gasteiger partial charge in [-0.1, -0.05) is 18.2 Å². The molecule has 2 rings (SSSR count). The smallest absolute Gasteiger partial charge is 0.257 e. The van der Waals surface area contributed by atoms with Crippen LogP contribution in [0.15, 0.2) is 54.7 Å². The van der Waals surface area contributed by atoms with Crippen molar-refractivity contribution in [3.05, 3.63) is 71.7 Å². The number of benzene rings is 2. The molecule has 2 aromatic rings. The molecule has 0 saturated carbocycles. The van der Waals surface area contributed by atoms with Crippen LogP contribution in [0.2, 0.25) is 0 Å². The van der Waals surface area contributed by atoms with Crippen molar-refractivity contribution in [3.8, 4) is 11.5 Å². The van der Waals surface area contributed by atoms with E-state index in [-0.39, 0.29) is 29.9 Å². The molecule has 0 spiro atoms. The summed E-state index contributed by atoms with van der Waals surface area (Å²) in [6.07, 6.45) is 2.30. The first-order valence-corrected chi connectivity index (χ1v) is 8.35. The summed E-state index contributed by atoms with van der Waals surface area (Å²) in [5.41, 5.74) is 5.85. The molecule has 0 fully saturated rings. The lowest BCUT2D eigenvalue weighted by molar-refractivity contribution is 0.0975. The molecule has 0 heterocycles. The summed E-state index contributed by atoms with van der Waals surface area (Å²) in [7, 11) is 0. The summed E-state index contributed by atoms with van der Waals surface area (Å²) < 4.78 is 25.1. The van der Waals surface area contributed by atoms with Gasteiger partial charge in [0.25, 0.3) is 5.91 Å². The highest BCUT2D eigenvalue weighted by Crippen LogP contribution is 2.25. The van der Waals surface area contributed by atoms with Crippen molar-refractivity contribution < 1.29 is 18.7 Å². The third-order valence-corrected chi connectivity index (χ3v) is 3.38. The van der Waals surface area contributed by atoms with Crippen LogP contribution in [0, 0.1) is 11.2 Å². The number of hydrogen-bond acceptors (Lipinski definition) is 5. The molecule has 2 aromatic carbocycles. The number of halogens is 1. The standard InChI is InChI=1S/C20H22FN3O3/c1-13(2)27-17-10-15(20(25)24-19(23)7-8-22)9-16(11-17)26-12-14-5-3-4-6-18(14)21/h3-11,13H,12,22H2,1-2H3,(H2,23,24,25)/b8-7-. The molecular weight excluding hydrogens is 349 g/mol. The lowest BCUT2D eigenvalue weighted by Gasteiger charge is -2.14. The summed E-state index contributed by atoms with van der Waals surface area (Å²) in [5, 5.41) is 10.00. The van der Waals surface area contributed by atoms with Crippen LogP contribution in [0.3, 0.4) is 0 Å². The van der Waals surface area contributed by atoms with Gasteiger partial charge in [-0.15, -0.1) is 0 Å². The molecule has 0 aliphatic carbocycles. The molecule has 0 atom stereocenters. The maximum absolute atomic E-state index is 13.8. The second kappa shape index (κ2) is 9.38. The number of rotatable bonds is 7. The van der Waals surface area contributed by atoms with Crippen LogP contribution >= 0.6 is 0 Å². The van der Waals surface area contributed by atoms with Gasteiger partial charge in [-0.3, -0.25) is 10.2 Å². The molecular formula is C20H22FN3O3. The number of hydrogen-bond donors (Lipinski definition) is 3. The molecule has 0 saturated heterocycles. The summed E-state index contributed by atoms with van der Waals surface area (Å²) in [5.74, 6) is -0.244. The minimum absolute atomic E-state index is 0.00456. The van der Waals surface area contributed by atoms with Gasteiger partial charge in [0.1, 0.15) is 29.8 Å². The molecule has 7 heteroatoms. The molecule has 0 aromatic heterocycles. The van der Waals surface area contributed by atoms with E-state index in [9.17, 15) is 9.18 Å². The third kappa shape index (κ3) is 6.14. The Balaban J connectivity index is 2.23. The molecule has 27 heavy (non-hydrogen) atoms. The molecule has 0 aliphatic heterocycles. The van der Waals surface area contributed by atoms with Crippen LogP contribution in [-0.2, 0) is 6.61 Å². The highest BCUT2D eigenvalue weighted by Gasteiger charge is 2.13. The number of carbonyl (C=O) groups excluding carboxylic acids is 1. The summed E-state index contributed by atoms with van der Waals surface area (Å²) in [4.78, 5) is 12.4. The Hall–Kier alpha value is -3.35. The molecule has 6 nitrogen and oxygen atoms in total. The number of nitrogens with two attached hydrogens (primary N) is 1. The van der Waals surface area contributed by atoms with Crippen molar-refractivity contribution in [2.75, 3.05) is 0 Å². The van der Waals surface area contributed by atoms with Crippen molar-refractivity contribution in [2.45, 2.75) is 26.6 Å². The van der Waals surface area contributed by atoms with E-state index in [1.807, 2.05) is 13.8 Å². The summed E-state index contributed by atoms with van der Waals surface area (Å²) in [6.45, 7) is 3.72. The SMILES string of the molecule is CC(C)Oc1cc(OCc2ccccc2F)cc(C(=O)NC(=N)/C=C\N)c1. The fourth-order valence-electron chi connectivity index (χ4n) is 2.24. The van der Waals surface area contributed by atoms with Gasteiger partial charge >= 0.3 is 0 Å². The second-order valence-corrected chi connectivity index (χ2v) is 5.97. The third-order valence-electron chi connectivity index (χ3n) is 3.38. The molecule has 142 valence electrons. The number of nitrogens with one attached hydrogen (secondary N) is 2. The van der Waals surface area contributed by atoms with E-state index in [1.54, 1.807) is 30.3 Å². The van der Waals surface area contributed by atoms with Crippen molar-refractivity contribution in [3.63, 3.8) is 0 Å². The lowest BCUT2D eigenvalue weighted by atomic mass is 10.1. The number of amides is 1. The first-order chi connectivity index (χ1) is 12.9. The molecule has 0 bridgehead atoms. The Labute approximate surface area is 157 Å². The van der Waals surface area contributed by atoms with Gasteiger partial charge in [0.15, 0.2) is 0 Å². The molecule has 0 aliphatic rings. The zero-order valence-corrected chi connectivity index (χ0v) is 15.2. The second-order valence-electron chi connectivity index (χ2n) is 5.97. The van der Waals surface area contributed by atoms with E-state index < -0.39 is 5.91 Å². The van der Waals surface area contributed by atoms with Crippen LogP contribution in [0.25, 0.3) is 0 Å². The van der Waals surface area contributed by atoms with Crippen molar-refractivity contribution in [1.82, 2.24) is 5.32 Å². The van der Waals surface area contributed by atoms with E-state index in [4.69, 9.17) is 20.6 Å². The van der Waals surface area contributed by atoms with Gasteiger partial charge in [0.2, 0.25) is 0 Å². The van der Waals surface area contributed by atoms with Crippen LogP contribution in [-0.4, -0.2) is 17.8 Å². The van der Waals surface area contributed by atoms with Crippen LogP contribution in [0.5, 0.6) is 11.5 Å². The molecule has 0 unspecified atom stereocenters. The fraction of sp³-hybridized carbons (Fsp3) is 0.200. The number of carbonyl (C=O) groups is 1. The Morgan fingerprint density at radius 3 is 2.63 bits per heavy atom. The quantitative estimate of drug-likeness (QED) is 0.513. The average molecular weight is 371 g/mol. The van der Waals surface area contributed by atoms with E-state index in [0.717, 1.165) is 6.20 Å². The predicted molar refractivity (Wildman–Crippen MR) is 101 cm³/mol. The van der Waals surface area contributed by atoms with E-state index in [1.165, 1.54) is 18.2 Å². The monoisotopic (exact) mass is 371 g/mol. The highest BCUT2D eigenvalue weighted by atomic mass is 19.1. The maximum Gasteiger partial charge on any atom is 0.257 e. The minimum Gasteiger partial charge on any atom is -0.491 e. The Morgan fingerprint density at radius 1 is 1.26 bits per heavy atom. The maximum atomic E-state index is 13.8. The number of amidine groups is 1. The van der Waals surface area contributed by atoms with Gasteiger partial charge in [0, 0.05) is 17.2 Å². The van der Waals surface area contributed by atoms with Crippen molar-refractivity contribution in [2.24, 2.45) is 5.73 Å². The predicted octanol–water partition coefficient (Wildman–Crippen LogP) is 3.37. The van der Waals surface area contributed by atoms with Gasteiger partial charge in [0.05, 0.1) is 6.10 Å². The molecule has 4 N–H and O–H groups in total. The fourth-order valence-corrected chi connectivity index (χ4v) is 2.24. The highest BCUT2D eigenvalue weighted by molar-refractivity contribution is 6.09. The largest absolute Gasteiger partial charge is 0.491 e. The van der Waals surface area contributed by atoms with E-state index >= 15 is 0 Å². The first kappa shape index (κ1) is 20.0. The van der Waals surface area contributed by atoms with Gasteiger partial charge in [-0.25, -0.2) is 4.39 Å². The Morgan fingerprint density at radius 2 is 1.96 bits per heavy atom. The average Bonchev–Trinajstić information content (AvgIpc) is 2.60. The van der Waals surface area contributed by atoms with Gasteiger partial charge in [-0.2, -0.15) is 0 Å². The van der Waals surface area contributed by atoms with Crippen molar-refractivity contribution in [1.29, 1.82) is 5.41 Å². The number of ether oxygens (including phenoxy) is 2. The Bertz CT molecular complexity index is 850. The topological polar surface area (TPSA) is 97.4 Å². The van der Waals surface area contributed by atoms with Crippen LogP contribution in [0.1, 0.15) is 29.8 Å². The molecule has 1 amide bonds.